The lowest BCUT2D eigenvalue weighted by Crippen LogP contribution is -2.08. The Labute approximate surface area is 130 Å². The first kappa shape index (κ1) is 17.2. The minimum absolute atomic E-state index is 0.0491. The fraction of sp³-hybridized carbons (Fsp3) is 0.231. The van der Waals surface area contributed by atoms with Crippen LogP contribution < -0.4 is 0 Å². The van der Waals surface area contributed by atoms with Gasteiger partial charge in [-0.15, -0.1) is 0 Å². The summed E-state index contributed by atoms with van der Waals surface area (Å²) in [6.07, 6.45) is -9.40. The lowest BCUT2D eigenvalue weighted by atomic mass is 10.2. The van der Waals surface area contributed by atoms with E-state index in [1.807, 2.05) is 0 Å². The quantitative estimate of drug-likeness (QED) is 0.749. The summed E-state index contributed by atoms with van der Waals surface area (Å²) in [7, 11) is 1.19. The van der Waals surface area contributed by atoms with Crippen LogP contribution in [0.3, 0.4) is 0 Å². The van der Waals surface area contributed by atoms with Gasteiger partial charge in [-0.05, 0) is 18.2 Å². The topological polar surface area (TPSA) is 41.6 Å². The van der Waals surface area contributed by atoms with Crippen molar-refractivity contribution in [1.29, 1.82) is 5.26 Å². The third kappa shape index (κ3) is 3.61. The Kier molecular flexibility index (Phi) is 4.34. The number of aryl methyl sites for hydroxylation is 1. The number of hydrogen-bond acceptors (Lipinski definition) is 3. The molecule has 0 saturated carbocycles. The predicted octanol–water partition coefficient (Wildman–Crippen LogP) is 4.48. The second-order valence-corrected chi connectivity index (χ2v) is 5.45. The summed E-state index contributed by atoms with van der Waals surface area (Å²) in [6.45, 7) is 0. The highest BCUT2D eigenvalue weighted by atomic mass is 32.2. The Morgan fingerprint density at radius 1 is 1.13 bits per heavy atom. The Hall–Kier alpha value is -2.15. The Balaban J connectivity index is 2.46. The maximum absolute atomic E-state index is 12.8. The van der Waals surface area contributed by atoms with Crippen molar-refractivity contribution < 1.29 is 26.3 Å². The van der Waals surface area contributed by atoms with Crippen LogP contribution in [0.5, 0.6) is 0 Å². The molecular weight excluding hydrogens is 344 g/mol. The van der Waals surface area contributed by atoms with Crippen LogP contribution in [0.15, 0.2) is 34.2 Å². The average Bonchev–Trinajstić information content (AvgIpc) is 2.75. The van der Waals surface area contributed by atoms with Crippen LogP contribution in [-0.2, 0) is 19.4 Å². The van der Waals surface area contributed by atoms with Gasteiger partial charge in [-0.25, -0.2) is 0 Å². The SMILES string of the molecule is Cn1nc(C(F)(F)F)c(C#N)c1Sc1cccc(C(F)(F)F)c1. The molecule has 0 fully saturated rings. The molecule has 0 saturated heterocycles. The highest BCUT2D eigenvalue weighted by Crippen LogP contribution is 2.39. The van der Waals surface area contributed by atoms with Crippen molar-refractivity contribution in [3.05, 3.63) is 41.1 Å². The lowest BCUT2D eigenvalue weighted by Gasteiger charge is -2.08. The molecule has 1 heterocycles. The monoisotopic (exact) mass is 351 g/mol. The molecule has 0 N–H and O–H groups in total. The van der Waals surface area contributed by atoms with Crippen molar-refractivity contribution in [2.75, 3.05) is 0 Å². The summed E-state index contributed by atoms with van der Waals surface area (Å²) >= 11 is 0.611. The number of benzene rings is 1. The summed E-state index contributed by atoms with van der Waals surface area (Å²) in [5.74, 6) is 0. The van der Waals surface area contributed by atoms with Crippen molar-refractivity contribution in [2.45, 2.75) is 22.3 Å². The highest BCUT2D eigenvalue weighted by Gasteiger charge is 2.39. The predicted molar refractivity (Wildman–Crippen MR) is 68.5 cm³/mol. The van der Waals surface area contributed by atoms with Crippen molar-refractivity contribution in [1.82, 2.24) is 9.78 Å². The van der Waals surface area contributed by atoms with Crippen LogP contribution in [0.2, 0.25) is 0 Å². The average molecular weight is 351 g/mol. The van der Waals surface area contributed by atoms with Gasteiger partial charge in [0.15, 0.2) is 5.69 Å². The summed E-state index contributed by atoms with van der Waals surface area (Å²) in [5, 5.41) is 12.0. The molecule has 10 heteroatoms. The second-order valence-electron chi connectivity index (χ2n) is 4.39. The Bertz CT molecular complexity index is 769. The smallest absolute Gasteiger partial charge is 0.260 e. The molecule has 0 aliphatic rings. The van der Waals surface area contributed by atoms with Crippen molar-refractivity contribution in [2.24, 2.45) is 7.05 Å². The normalized spacial score (nSPS) is 12.3. The van der Waals surface area contributed by atoms with Gasteiger partial charge in [-0.3, -0.25) is 4.68 Å². The molecule has 0 aliphatic carbocycles. The molecule has 122 valence electrons. The Morgan fingerprint density at radius 3 is 2.30 bits per heavy atom. The third-order valence-corrected chi connectivity index (χ3v) is 3.90. The van der Waals surface area contributed by atoms with Gasteiger partial charge in [0.25, 0.3) is 0 Å². The van der Waals surface area contributed by atoms with E-state index in [1.165, 1.54) is 19.2 Å². The second kappa shape index (κ2) is 5.81. The molecule has 0 bridgehead atoms. The van der Waals surface area contributed by atoms with Gasteiger partial charge in [0.1, 0.15) is 16.7 Å². The van der Waals surface area contributed by atoms with Gasteiger partial charge in [0.05, 0.1) is 5.56 Å². The molecule has 0 radical (unpaired) electrons. The minimum Gasteiger partial charge on any atom is -0.260 e. The van der Waals surface area contributed by atoms with E-state index in [9.17, 15) is 26.3 Å². The fourth-order valence-electron chi connectivity index (χ4n) is 1.77. The minimum atomic E-state index is -4.82. The first-order valence-electron chi connectivity index (χ1n) is 5.93. The Morgan fingerprint density at radius 2 is 1.78 bits per heavy atom. The maximum atomic E-state index is 12.8. The van der Waals surface area contributed by atoms with E-state index >= 15 is 0 Å². The molecular formula is C13H7F6N3S. The van der Waals surface area contributed by atoms with Gasteiger partial charge < -0.3 is 0 Å². The highest BCUT2D eigenvalue weighted by molar-refractivity contribution is 7.99. The van der Waals surface area contributed by atoms with Crippen LogP contribution >= 0.6 is 11.8 Å². The van der Waals surface area contributed by atoms with Crippen LogP contribution in [-0.4, -0.2) is 9.78 Å². The van der Waals surface area contributed by atoms with Crippen LogP contribution in [0, 0.1) is 11.3 Å². The van der Waals surface area contributed by atoms with Crippen molar-refractivity contribution >= 4 is 11.8 Å². The van der Waals surface area contributed by atoms with Crippen molar-refractivity contribution in [3.63, 3.8) is 0 Å². The van der Waals surface area contributed by atoms with E-state index in [2.05, 4.69) is 5.10 Å². The standard InChI is InChI=1S/C13H7F6N3S/c1-22-11(9(6-20)10(21-22)13(17,18)19)23-8-4-2-3-7(5-8)12(14,15)16/h2-5H,1H3. The number of rotatable bonds is 2. The van der Waals surface area contributed by atoms with E-state index in [0.717, 1.165) is 22.9 Å². The molecule has 1 aromatic heterocycles. The number of halogens is 6. The number of hydrogen-bond donors (Lipinski definition) is 0. The first-order valence-corrected chi connectivity index (χ1v) is 6.75. The zero-order chi connectivity index (χ0) is 17.4. The maximum Gasteiger partial charge on any atom is 0.436 e. The summed E-state index contributed by atoms with van der Waals surface area (Å²) < 4.78 is 77.2. The molecule has 0 unspecified atom stereocenters. The van der Waals surface area contributed by atoms with Crippen molar-refractivity contribution in [3.8, 4) is 6.07 Å². The third-order valence-electron chi connectivity index (χ3n) is 2.75. The van der Waals surface area contributed by atoms with Gasteiger partial charge in [0.2, 0.25) is 0 Å². The van der Waals surface area contributed by atoms with Gasteiger partial charge >= 0.3 is 12.4 Å². The molecule has 23 heavy (non-hydrogen) atoms. The van der Waals surface area contributed by atoms with Crippen LogP contribution in [0.1, 0.15) is 16.8 Å². The summed E-state index contributed by atoms with van der Waals surface area (Å²) in [4.78, 5) is 0.0491. The lowest BCUT2D eigenvalue weighted by molar-refractivity contribution is -0.141. The molecule has 0 aliphatic heterocycles. The summed E-state index contributed by atoms with van der Waals surface area (Å²) in [5.41, 5.74) is -3.02. The van der Waals surface area contributed by atoms with Gasteiger partial charge in [0, 0.05) is 11.9 Å². The molecule has 2 rings (SSSR count). The van der Waals surface area contributed by atoms with Gasteiger partial charge in [-0.2, -0.15) is 36.7 Å². The van der Waals surface area contributed by atoms with E-state index in [-0.39, 0.29) is 9.92 Å². The zero-order valence-electron chi connectivity index (χ0n) is 11.3. The fourth-order valence-corrected chi connectivity index (χ4v) is 2.75. The largest absolute Gasteiger partial charge is 0.436 e. The summed E-state index contributed by atoms with van der Waals surface area (Å²) in [6, 6.07) is 5.50. The van der Waals surface area contributed by atoms with E-state index in [4.69, 9.17) is 5.26 Å². The van der Waals surface area contributed by atoms with Gasteiger partial charge in [-0.1, -0.05) is 17.8 Å². The van der Waals surface area contributed by atoms with E-state index < -0.39 is 29.2 Å². The number of nitrogens with zero attached hydrogens (tertiary/aromatic N) is 3. The number of nitriles is 1. The molecule has 0 spiro atoms. The van der Waals surface area contributed by atoms with Crippen LogP contribution in [0.25, 0.3) is 0 Å². The molecule has 1 aromatic carbocycles. The van der Waals surface area contributed by atoms with Crippen LogP contribution in [0.4, 0.5) is 26.3 Å². The molecule has 0 atom stereocenters. The number of alkyl halides is 6. The number of aromatic nitrogens is 2. The van der Waals surface area contributed by atoms with E-state index in [0.29, 0.717) is 11.8 Å². The first-order chi connectivity index (χ1) is 10.5. The zero-order valence-corrected chi connectivity index (χ0v) is 12.1. The van der Waals surface area contributed by atoms with E-state index in [1.54, 1.807) is 0 Å². The molecule has 3 nitrogen and oxygen atoms in total. The molecule has 2 aromatic rings. The molecule has 0 amide bonds.